The zero-order chi connectivity index (χ0) is 55.9. The van der Waals surface area contributed by atoms with Crippen LogP contribution in [-0.2, 0) is 23.8 Å². The van der Waals surface area contributed by atoms with Crippen LogP contribution in [0.25, 0.3) is 0 Å². The first-order valence-corrected chi connectivity index (χ1v) is 33.5. The van der Waals surface area contributed by atoms with E-state index in [0.29, 0.717) is 19.4 Å². The van der Waals surface area contributed by atoms with Crippen molar-refractivity contribution in [2.45, 2.75) is 378 Å². The van der Waals surface area contributed by atoms with Gasteiger partial charge in [0.25, 0.3) is 0 Å². The number of rotatable bonds is 59. The molecule has 1 aliphatic heterocycles. The van der Waals surface area contributed by atoms with E-state index in [4.69, 9.17) is 14.2 Å². The third-order valence-electron chi connectivity index (χ3n) is 16.2. The molecule has 0 aromatic carbocycles. The Morgan fingerprint density at radius 1 is 0.468 bits per heavy atom. The summed E-state index contributed by atoms with van der Waals surface area (Å²) in [6.07, 6.45) is 57.8. The van der Waals surface area contributed by atoms with Crippen molar-refractivity contribution < 1.29 is 49.3 Å². The third kappa shape index (κ3) is 45.7. The van der Waals surface area contributed by atoms with Crippen molar-refractivity contribution in [1.29, 1.82) is 0 Å². The first-order chi connectivity index (χ1) is 37.7. The lowest BCUT2D eigenvalue weighted by molar-refractivity contribution is -0.302. The van der Waals surface area contributed by atoms with Crippen LogP contribution >= 0.6 is 0 Å². The number of ether oxygens (including phenoxy) is 3. The van der Waals surface area contributed by atoms with E-state index in [9.17, 15) is 35.1 Å². The zero-order valence-electron chi connectivity index (χ0n) is 50.5. The normalized spacial score (nSPS) is 18.6. The molecule has 7 atom stereocenters. The molecule has 7 unspecified atom stereocenters. The summed E-state index contributed by atoms with van der Waals surface area (Å²) in [6.45, 7) is 4.35. The van der Waals surface area contributed by atoms with Gasteiger partial charge in [-0.05, 0) is 32.1 Å². The van der Waals surface area contributed by atoms with Crippen molar-refractivity contribution in [3.8, 4) is 0 Å². The van der Waals surface area contributed by atoms with Gasteiger partial charge in [0.2, 0.25) is 5.91 Å². The van der Waals surface area contributed by atoms with Gasteiger partial charge in [0.05, 0.1) is 32.0 Å². The Labute approximate surface area is 474 Å². The molecular weight excluding hydrogens is 967 g/mol. The molecule has 77 heavy (non-hydrogen) atoms. The van der Waals surface area contributed by atoms with Gasteiger partial charge in [0.15, 0.2) is 6.29 Å². The average Bonchev–Trinajstić information content (AvgIpc) is 3.43. The van der Waals surface area contributed by atoms with Gasteiger partial charge in [0, 0.05) is 12.8 Å². The maximum Gasteiger partial charge on any atom is 0.305 e. The van der Waals surface area contributed by atoms with Crippen LogP contribution in [0.15, 0.2) is 12.2 Å². The Balaban J connectivity index is 1.92. The lowest BCUT2D eigenvalue weighted by atomic mass is 9.99. The van der Waals surface area contributed by atoms with Crippen LogP contribution in [-0.4, -0.2) is 100 Å². The van der Waals surface area contributed by atoms with Crippen LogP contribution in [0.1, 0.15) is 335 Å². The Kier molecular flexibility index (Phi) is 53.6. The standard InChI is InChI=1S/C66H127NO10/c1-3-5-7-9-11-13-14-34-38-42-46-50-54-62(71)75-55-51-47-43-39-35-32-30-28-26-24-22-20-18-16-15-17-19-21-23-25-27-29-31-33-37-41-45-49-53-61(70)67-58(59(69)52-48-44-40-36-12-10-8-6-4-2)57-76-66-65(74)64(73)63(72)60(56-68)77-66/h48,52,58-60,63-66,68-69,72-74H,3-47,49-51,53-57H2,1-2H3,(H,67,70)/b52-48+. The molecule has 11 nitrogen and oxygen atoms in total. The maximum atomic E-state index is 13.0. The molecule has 1 amide bonds. The molecule has 6 N–H and O–H groups in total. The van der Waals surface area contributed by atoms with E-state index in [1.807, 2.05) is 6.08 Å². The van der Waals surface area contributed by atoms with E-state index in [1.165, 1.54) is 257 Å². The Hall–Kier alpha value is -1.60. The summed E-state index contributed by atoms with van der Waals surface area (Å²) in [5.74, 6) is -0.168. The van der Waals surface area contributed by atoms with Crippen LogP contribution in [0.3, 0.4) is 0 Å². The van der Waals surface area contributed by atoms with Crippen molar-refractivity contribution in [2.24, 2.45) is 0 Å². The molecular formula is C66H127NO10. The molecule has 0 radical (unpaired) electrons. The number of aliphatic hydroxyl groups is 5. The van der Waals surface area contributed by atoms with E-state index >= 15 is 0 Å². The highest BCUT2D eigenvalue weighted by atomic mass is 16.7. The number of aliphatic hydroxyl groups excluding tert-OH is 5. The van der Waals surface area contributed by atoms with Gasteiger partial charge in [-0.2, -0.15) is 0 Å². The number of carbonyl (C=O) groups is 2. The number of hydrogen-bond donors (Lipinski definition) is 6. The number of allylic oxidation sites excluding steroid dienone is 1. The van der Waals surface area contributed by atoms with E-state index < -0.39 is 49.5 Å². The summed E-state index contributed by atoms with van der Waals surface area (Å²) in [7, 11) is 0. The number of hydrogen-bond acceptors (Lipinski definition) is 10. The van der Waals surface area contributed by atoms with Crippen LogP contribution in [0, 0.1) is 0 Å². The second-order valence-corrected chi connectivity index (χ2v) is 23.5. The number of carbonyl (C=O) groups excluding carboxylic acids is 2. The van der Waals surface area contributed by atoms with Crippen LogP contribution < -0.4 is 5.32 Å². The number of nitrogens with one attached hydrogen (secondary N) is 1. The summed E-state index contributed by atoms with van der Waals surface area (Å²) in [5, 5.41) is 54.3. The average molecular weight is 1090 g/mol. The zero-order valence-corrected chi connectivity index (χ0v) is 50.5. The topological polar surface area (TPSA) is 175 Å². The highest BCUT2D eigenvalue weighted by Gasteiger charge is 2.44. The van der Waals surface area contributed by atoms with Crippen LogP contribution in [0.5, 0.6) is 0 Å². The van der Waals surface area contributed by atoms with Crippen LogP contribution in [0.2, 0.25) is 0 Å². The number of unbranched alkanes of at least 4 members (excludes halogenated alkanes) is 45. The van der Waals surface area contributed by atoms with Gasteiger partial charge < -0.3 is 45.1 Å². The highest BCUT2D eigenvalue weighted by Crippen LogP contribution is 2.23. The second-order valence-electron chi connectivity index (χ2n) is 23.5. The van der Waals surface area contributed by atoms with E-state index in [1.54, 1.807) is 6.08 Å². The minimum atomic E-state index is -1.57. The fraction of sp³-hybridized carbons (Fsp3) is 0.939. The van der Waals surface area contributed by atoms with Crippen molar-refractivity contribution in [2.75, 3.05) is 19.8 Å². The van der Waals surface area contributed by atoms with Crippen molar-refractivity contribution in [1.82, 2.24) is 5.32 Å². The van der Waals surface area contributed by atoms with Crippen molar-refractivity contribution in [3.63, 3.8) is 0 Å². The first-order valence-electron chi connectivity index (χ1n) is 33.5. The smallest absolute Gasteiger partial charge is 0.305 e. The van der Waals surface area contributed by atoms with Crippen LogP contribution in [0.4, 0.5) is 0 Å². The summed E-state index contributed by atoms with van der Waals surface area (Å²) in [4.78, 5) is 25.0. The lowest BCUT2D eigenvalue weighted by Gasteiger charge is -2.40. The minimum absolute atomic E-state index is 0.0109. The Morgan fingerprint density at radius 2 is 0.818 bits per heavy atom. The molecule has 1 saturated heterocycles. The third-order valence-corrected chi connectivity index (χ3v) is 16.2. The monoisotopic (exact) mass is 1090 g/mol. The van der Waals surface area contributed by atoms with Gasteiger partial charge >= 0.3 is 5.97 Å². The predicted molar refractivity (Wildman–Crippen MR) is 320 cm³/mol. The van der Waals surface area contributed by atoms with Gasteiger partial charge in [-0.3, -0.25) is 9.59 Å². The molecule has 0 bridgehead atoms. The molecule has 0 spiro atoms. The molecule has 0 aliphatic carbocycles. The summed E-state index contributed by atoms with van der Waals surface area (Å²) in [6, 6.07) is -0.805. The Morgan fingerprint density at radius 3 is 1.21 bits per heavy atom. The second kappa shape index (κ2) is 56.3. The molecule has 456 valence electrons. The maximum absolute atomic E-state index is 13.0. The molecule has 1 heterocycles. The summed E-state index contributed by atoms with van der Waals surface area (Å²) < 4.78 is 16.7. The highest BCUT2D eigenvalue weighted by molar-refractivity contribution is 5.76. The van der Waals surface area contributed by atoms with Crippen molar-refractivity contribution >= 4 is 11.9 Å². The molecule has 0 saturated carbocycles. The van der Waals surface area contributed by atoms with Gasteiger partial charge in [0.1, 0.15) is 24.4 Å². The van der Waals surface area contributed by atoms with Gasteiger partial charge in [-0.1, -0.05) is 302 Å². The van der Waals surface area contributed by atoms with E-state index in [0.717, 1.165) is 51.4 Å². The first kappa shape index (κ1) is 73.4. The van der Waals surface area contributed by atoms with Gasteiger partial charge in [-0.15, -0.1) is 0 Å². The molecule has 0 aromatic heterocycles. The Bertz CT molecular complexity index is 1280. The number of esters is 1. The molecule has 1 fully saturated rings. The SMILES string of the molecule is CCCCCCCCC/C=C/C(O)C(COC1OC(CO)C(O)C(O)C1O)NC(=O)CCCCCCCCCCCCCCCCCCCCCCCCCCCCCCOC(=O)CCCCCCCCCCCCCC. The van der Waals surface area contributed by atoms with Gasteiger partial charge in [-0.25, -0.2) is 0 Å². The summed E-state index contributed by atoms with van der Waals surface area (Å²) in [5.41, 5.74) is 0. The van der Waals surface area contributed by atoms with E-state index in [2.05, 4.69) is 19.2 Å². The fourth-order valence-electron chi connectivity index (χ4n) is 10.8. The van der Waals surface area contributed by atoms with Crippen molar-refractivity contribution in [3.05, 3.63) is 12.2 Å². The molecule has 1 aliphatic rings. The fourth-order valence-corrected chi connectivity index (χ4v) is 10.8. The van der Waals surface area contributed by atoms with E-state index in [-0.39, 0.29) is 18.5 Å². The minimum Gasteiger partial charge on any atom is -0.466 e. The molecule has 11 heteroatoms. The molecule has 0 aromatic rings. The predicted octanol–water partition coefficient (Wildman–Crippen LogP) is 16.3. The largest absolute Gasteiger partial charge is 0.466 e. The lowest BCUT2D eigenvalue weighted by Crippen LogP contribution is -2.60. The number of amides is 1. The quantitative estimate of drug-likeness (QED) is 0.0195. The summed E-state index contributed by atoms with van der Waals surface area (Å²) >= 11 is 0. The molecule has 1 rings (SSSR count).